The molecule has 0 aliphatic heterocycles. The summed E-state index contributed by atoms with van der Waals surface area (Å²) in [6.45, 7) is 3.93. The maximum atomic E-state index is 10.9. The number of nitrogens with zero attached hydrogens (tertiary/aromatic N) is 3. The highest BCUT2D eigenvalue weighted by atomic mass is 79.9. The van der Waals surface area contributed by atoms with Gasteiger partial charge in [-0.25, -0.2) is 9.67 Å². The number of halogens is 1. The van der Waals surface area contributed by atoms with Gasteiger partial charge in [-0.3, -0.25) is 0 Å². The fourth-order valence-corrected chi connectivity index (χ4v) is 6.04. The Bertz CT molecular complexity index is 1500. The van der Waals surface area contributed by atoms with Crippen molar-refractivity contribution >= 4 is 22.1 Å². The van der Waals surface area contributed by atoms with E-state index in [1.54, 1.807) is 4.68 Å². The predicted molar refractivity (Wildman–Crippen MR) is 150 cm³/mol. The van der Waals surface area contributed by atoms with E-state index in [4.69, 9.17) is 16.1 Å². The zero-order valence-corrected chi connectivity index (χ0v) is 22.6. The fraction of sp³-hybridized carbons (Fsp3) is 0.300. The van der Waals surface area contributed by atoms with Gasteiger partial charge >= 0.3 is 0 Å². The molecule has 0 amide bonds. The standard InChI is InChI=1S/C30H30BrN5O/c1-18-26(31)19(2)36(35-18)28-22(15-32)14-25(20-6-4-3-5-7-20)27(34-28)21-8-10-23(11-9-21)29(33)16-30(37,17-29)24-12-13-24/h3-11,14-15,24,32,37H,12-13,16-17,33H2,1-2H3. The number of pyridine rings is 1. The van der Waals surface area contributed by atoms with Crippen LogP contribution in [-0.2, 0) is 5.54 Å². The van der Waals surface area contributed by atoms with Crippen molar-refractivity contribution in [1.82, 2.24) is 14.8 Å². The number of aryl methyl sites for hydroxylation is 1. The molecule has 4 aromatic rings. The van der Waals surface area contributed by atoms with Gasteiger partial charge < -0.3 is 16.2 Å². The average Bonchev–Trinajstić information content (AvgIpc) is 3.73. The third kappa shape index (κ3) is 4.06. The van der Waals surface area contributed by atoms with Crippen molar-refractivity contribution in [2.75, 3.05) is 0 Å². The topological polar surface area (TPSA) is 101 Å². The lowest BCUT2D eigenvalue weighted by molar-refractivity contribution is -0.106. The van der Waals surface area contributed by atoms with Gasteiger partial charge in [-0.1, -0.05) is 54.6 Å². The molecule has 0 atom stereocenters. The van der Waals surface area contributed by atoms with Gasteiger partial charge in [0.2, 0.25) is 0 Å². The van der Waals surface area contributed by atoms with Gasteiger partial charge in [0.15, 0.2) is 5.82 Å². The minimum atomic E-state index is -0.596. The van der Waals surface area contributed by atoms with Crippen LogP contribution in [0.15, 0.2) is 65.1 Å². The molecule has 2 fully saturated rings. The van der Waals surface area contributed by atoms with Gasteiger partial charge in [0.1, 0.15) is 0 Å². The van der Waals surface area contributed by atoms with Gasteiger partial charge in [0.05, 0.1) is 27.2 Å². The maximum absolute atomic E-state index is 10.9. The molecule has 2 aliphatic rings. The van der Waals surface area contributed by atoms with Crippen LogP contribution in [-0.4, -0.2) is 31.7 Å². The number of rotatable bonds is 6. The molecule has 2 aromatic carbocycles. The summed E-state index contributed by atoms with van der Waals surface area (Å²) in [4.78, 5) is 5.11. The summed E-state index contributed by atoms with van der Waals surface area (Å²) in [6, 6.07) is 20.4. The molecule has 188 valence electrons. The van der Waals surface area contributed by atoms with Crippen molar-refractivity contribution in [3.8, 4) is 28.2 Å². The van der Waals surface area contributed by atoms with Gasteiger partial charge in [-0.2, -0.15) is 5.10 Å². The Morgan fingerprint density at radius 1 is 1.05 bits per heavy atom. The molecule has 2 aliphatic carbocycles. The molecule has 0 unspecified atom stereocenters. The van der Waals surface area contributed by atoms with Crippen molar-refractivity contribution in [3.63, 3.8) is 0 Å². The predicted octanol–water partition coefficient (Wildman–Crippen LogP) is 6.07. The molecule has 6 rings (SSSR count). The highest BCUT2D eigenvalue weighted by molar-refractivity contribution is 9.10. The first-order valence-corrected chi connectivity index (χ1v) is 13.5. The second-order valence-corrected chi connectivity index (χ2v) is 11.5. The molecule has 37 heavy (non-hydrogen) atoms. The smallest absolute Gasteiger partial charge is 0.163 e. The van der Waals surface area contributed by atoms with E-state index in [-0.39, 0.29) is 0 Å². The summed E-state index contributed by atoms with van der Waals surface area (Å²) in [7, 11) is 0. The number of aliphatic hydroxyl groups is 1. The molecule has 0 saturated heterocycles. The largest absolute Gasteiger partial charge is 0.389 e. The normalized spacial score (nSPS) is 23.1. The Morgan fingerprint density at radius 3 is 2.30 bits per heavy atom. The maximum Gasteiger partial charge on any atom is 0.163 e. The quantitative estimate of drug-likeness (QED) is 0.251. The van der Waals surface area contributed by atoms with E-state index in [0.717, 1.165) is 56.6 Å². The van der Waals surface area contributed by atoms with Crippen LogP contribution in [0.25, 0.3) is 28.2 Å². The second kappa shape index (κ2) is 8.72. The second-order valence-electron chi connectivity index (χ2n) is 10.7. The molecular weight excluding hydrogens is 526 g/mol. The van der Waals surface area contributed by atoms with E-state index in [0.29, 0.717) is 30.1 Å². The number of aromatic nitrogens is 3. The van der Waals surface area contributed by atoms with Crippen LogP contribution in [0.2, 0.25) is 0 Å². The van der Waals surface area contributed by atoms with E-state index in [2.05, 4.69) is 57.4 Å². The Kier molecular flexibility index (Phi) is 5.71. The Hall–Kier alpha value is -3.13. The summed E-state index contributed by atoms with van der Waals surface area (Å²) < 4.78 is 2.73. The van der Waals surface area contributed by atoms with Gasteiger partial charge in [-0.15, -0.1) is 0 Å². The van der Waals surface area contributed by atoms with Crippen LogP contribution in [0.1, 0.15) is 48.2 Å². The van der Waals surface area contributed by atoms with E-state index in [1.165, 1.54) is 6.21 Å². The first-order chi connectivity index (χ1) is 17.7. The SMILES string of the molecule is Cc1nn(-c2nc(-c3ccc(C4(N)CC(O)(C5CC5)C4)cc3)c(-c3ccccc3)cc2C=N)c(C)c1Br. The molecule has 0 spiro atoms. The van der Waals surface area contributed by atoms with Gasteiger partial charge in [0, 0.05) is 28.4 Å². The van der Waals surface area contributed by atoms with Crippen molar-refractivity contribution in [3.05, 3.63) is 87.7 Å². The number of nitrogens with two attached hydrogens (primary N) is 1. The third-order valence-corrected chi connectivity index (χ3v) is 9.14. The summed E-state index contributed by atoms with van der Waals surface area (Å²) in [5.41, 5.74) is 12.9. The molecular formula is C30H30BrN5O. The van der Waals surface area contributed by atoms with Crippen LogP contribution in [0, 0.1) is 25.2 Å². The summed E-state index contributed by atoms with van der Waals surface area (Å²) in [5.74, 6) is 1.03. The van der Waals surface area contributed by atoms with E-state index in [9.17, 15) is 5.11 Å². The third-order valence-electron chi connectivity index (χ3n) is 7.99. The first kappa shape index (κ1) is 24.2. The number of hydrogen-bond donors (Lipinski definition) is 3. The van der Waals surface area contributed by atoms with E-state index < -0.39 is 11.1 Å². The summed E-state index contributed by atoms with van der Waals surface area (Å²) in [5, 5.41) is 23.7. The Labute approximate surface area is 225 Å². The molecule has 6 nitrogen and oxygen atoms in total. The zero-order chi connectivity index (χ0) is 25.9. The van der Waals surface area contributed by atoms with Crippen LogP contribution in [0.3, 0.4) is 0 Å². The molecule has 2 aromatic heterocycles. The van der Waals surface area contributed by atoms with Crippen LogP contribution < -0.4 is 5.73 Å². The monoisotopic (exact) mass is 555 g/mol. The van der Waals surface area contributed by atoms with Crippen LogP contribution in [0.5, 0.6) is 0 Å². The molecule has 2 saturated carbocycles. The average molecular weight is 557 g/mol. The highest BCUT2D eigenvalue weighted by Crippen LogP contribution is 2.57. The van der Waals surface area contributed by atoms with E-state index in [1.807, 2.05) is 38.1 Å². The number of hydrogen-bond acceptors (Lipinski definition) is 5. The van der Waals surface area contributed by atoms with Crippen molar-refractivity contribution in [2.24, 2.45) is 11.7 Å². The zero-order valence-electron chi connectivity index (χ0n) is 21.0. The summed E-state index contributed by atoms with van der Waals surface area (Å²) >= 11 is 3.62. The van der Waals surface area contributed by atoms with Gasteiger partial charge in [-0.05, 0) is 78.6 Å². The first-order valence-electron chi connectivity index (χ1n) is 12.7. The minimum absolute atomic E-state index is 0.418. The molecule has 4 N–H and O–H groups in total. The highest BCUT2D eigenvalue weighted by Gasteiger charge is 2.58. The lowest BCUT2D eigenvalue weighted by Crippen LogP contribution is -2.60. The van der Waals surface area contributed by atoms with Crippen molar-refractivity contribution in [2.45, 2.75) is 50.7 Å². The number of nitrogens with one attached hydrogen (secondary N) is 1. The molecule has 0 radical (unpaired) electrons. The van der Waals surface area contributed by atoms with E-state index >= 15 is 0 Å². The van der Waals surface area contributed by atoms with Crippen LogP contribution in [0.4, 0.5) is 0 Å². The Balaban J connectivity index is 1.45. The van der Waals surface area contributed by atoms with Gasteiger partial charge in [0.25, 0.3) is 0 Å². The molecule has 0 bridgehead atoms. The molecule has 2 heterocycles. The van der Waals surface area contributed by atoms with Crippen molar-refractivity contribution < 1.29 is 5.11 Å². The number of benzene rings is 2. The Morgan fingerprint density at radius 2 is 1.73 bits per heavy atom. The molecule has 7 heteroatoms. The lowest BCUT2D eigenvalue weighted by Gasteiger charge is -2.52. The lowest BCUT2D eigenvalue weighted by atomic mass is 9.60. The van der Waals surface area contributed by atoms with Crippen molar-refractivity contribution in [1.29, 1.82) is 5.41 Å². The van der Waals surface area contributed by atoms with Crippen LogP contribution >= 0.6 is 15.9 Å². The summed E-state index contributed by atoms with van der Waals surface area (Å²) in [6.07, 6.45) is 4.78. The minimum Gasteiger partial charge on any atom is -0.389 e. The fourth-order valence-electron chi connectivity index (χ4n) is 5.80.